The van der Waals surface area contributed by atoms with Crippen LogP contribution in [0.3, 0.4) is 0 Å². The Labute approximate surface area is 182 Å². The first-order chi connectivity index (χ1) is 12.8. The number of amides is 1. The van der Waals surface area contributed by atoms with Crippen molar-refractivity contribution in [2.45, 2.75) is 18.4 Å². The molecule has 3 N–H and O–H groups in total. The highest BCUT2D eigenvalue weighted by molar-refractivity contribution is 14.0. The highest BCUT2D eigenvalue weighted by Crippen LogP contribution is 2.16. The number of nitrogens with zero attached hydrogens (tertiary/aromatic N) is 1. The monoisotopic (exact) mass is 520 g/mol. The van der Waals surface area contributed by atoms with Crippen LogP contribution in [-0.4, -0.2) is 46.7 Å². The smallest absolute Gasteiger partial charge is 0.287 e. The van der Waals surface area contributed by atoms with E-state index in [2.05, 4.69) is 20.9 Å². The van der Waals surface area contributed by atoms with Crippen LogP contribution >= 0.6 is 24.0 Å². The van der Waals surface area contributed by atoms with Crippen molar-refractivity contribution in [2.24, 2.45) is 4.99 Å². The van der Waals surface area contributed by atoms with Gasteiger partial charge in [0.05, 0.1) is 11.2 Å². The van der Waals surface area contributed by atoms with E-state index in [1.807, 2.05) is 6.07 Å². The molecule has 8 nitrogen and oxygen atoms in total. The summed E-state index contributed by atoms with van der Waals surface area (Å²) in [6.07, 6.45) is 2.65. The van der Waals surface area contributed by atoms with Crippen LogP contribution in [0.4, 0.5) is 0 Å². The predicted molar refractivity (Wildman–Crippen MR) is 119 cm³/mol. The Balaban J connectivity index is 0.00000392. The first-order valence-electron chi connectivity index (χ1n) is 8.37. The number of guanidine groups is 1. The van der Waals surface area contributed by atoms with Crippen LogP contribution in [-0.2, 0) is 16.4 Å². The summed E-state index contributed by atoms with van der Waals surface area (Å²) in [5, 5.41) is 8.96. The normalized spacial score (nSPS) is 11.5. The van der Waals surface area contributed by atoms with Crippen molar-refractivity contribution in [3.8, 4) is 0 Å². The average Bonchev–Trinajstić information content (AvgIpc) is 3.14. The van der Waals surface area contributed by atoms with E-state index in [9.17, 15) is 13.2 Å². The molecule has 1 aromatic heterocycles. The van der Waals surface area contributed by atoms with Crippen molar-refractivity contribution < 1.29 is 17.6 Å². The molecule has 0 saturated heterocycles. The summed E-state index contributed by atoms with van der Waals surface area (Å²) in [6.45, 7) is 3.15. The molecule has 0 aliphatic carbocycles. The molecule has 0 saturated carbocycles. The molecule has 0 aliphatic heterocycles. The summed E-state index contributed by atoms with van der Waals surface area (Å²) in [7, 11) is -1.57. The van der Waals surface area contributed by atoms with Gasteiger partial charge in [-0.05, 0) is 36.2 Å². The molecule has 0 atom stereocenters. The second kappa shape index (κ2) is 11.1. The number of aryl methyl sites for hydroxylation is 1. The van der Waals surface area contributed by atoms with Crippen LogP contribution in [0.15, 0.2) is 50.9 Å². The van der Waals surface area contributed by atoms with Crippen LogP contribution in [0.2, 0.25) is 0 Å². The number of hydrogen-bond donors (Lipinski definition) is 3. The van der Waals surface area contributed by atoms with E-state index in [0.717, 1.165) is 5.56 Å². The third-order valence-electron chi connectivity index (χ3n) is 3.77. The Bertz CT molecular complexity index is 912. The molecule has 154 valence electrons. The lowest BCUT2D eigenvalue weighted by molar-refractivity contribution is 0.0926. The Hall–Kier alpha value is -2.08. The maximum Gasteiger partial charge on any atom is 0.287 e. The number of carbonyl (C=O) groups excluding carboxylic acids is 1. The molecule has 10 heteroatoms. The van der Waals surface area contributed by atoms with E-state index in [-0.39, 0.29) is 35.6 Å². The van der Waals surface area contributed by atoms with Crippen LogP contribution in [0.5, 0.6) is 0 Å². The number of furan rings is 1. The summed E-state index contributed by atoms with van der Waals surface area (Å²) in [6, 6.07) is 8.47. The molecule has 0 bridgehead atoms. The molecule has 0 spiro atoms. The lowest BCUT2D eigenvalue weighted by atomic mass is 10.1. The van der Waals surface area contributed by atoms with Gasteiger partial charge in [0.25, 0.3) is 5.91 Å². The zero-order valence-electron chi connectivity index (χ0n) is 16.0. The molecule has 28 heavy (non-hydrogen) atoms. The van der Waals surface area contributed by atoms with Crippen molar-refractivity contribution in [2.75, 3.05) is 26.4 Å². The van der Waals surface area contributed by atoms with Crippen LogP contribution < -0.4 is 16.0 Å². The minimum Gasteiger partial charge on any atom is -0.459 e. The number of nitrogens with one attached hydrogen (secondary N) is 3. The SMILES string of the molecule is CN=C(NCCNC(=O)c1ccco1)NCc1ccc(S(C)(=O)=O)c(C)c1.I. The van der Waals surface area contributed by atoms with Crippen LogP contribution in [0.25, 0.3) is 0 Å². The largest absolute Gasteiger partial charge is 0.459 e. The third-order valence-corrected chi connectivity index (χ3v) is 5.03. The molecule has 1 amide bonds. The first kappa shape index (κ1) is 24.0. The maximum absolute atomic E-state index is 11.7. The van der Waals surface area contributed by atoms with Gasteiger partial charge in [-0.15, -0.1) is 24.0 Å². The number of carbonyl (C=O) groups is 1. The second-order valence-electron chi connectivity index (χ2n) is 5.96. The fourth-order valence-corrected chi connectivity index (χ4v) is 3.45. The Kier molecular flexibility index (Phi) is 9.46. The Morgan fingerprint density at radius 1 is 1.14 bits per heavy atom. The summed E-state index contributed by atoms with van der Waals surface area (Å²) in [4.78, 5) is 16.2. The maximum atomic E-state index is 11.7. The number of halogens is 1. The summed E-state index contributed by atoms with van der Waals surface area (Å²) < 4.78 is 28.3. The topological polar surface area (TPSA) is 113 Å². The van der Waals surface area contributed by atoms with Gasteiger partial charge in [0.2, 0.25) is 0 Å². The minimum atomic E-state index is -3.22. The van der Waals surface area contributed by atoms with E-state index in [4.69, 9.17) is 4.42 Å². The van der Waals surface area contributed by atoms with Gasteiger partial charge in [-0.2, -0.15) is 0 Å². The minimum absolute atomic E-state index is 0. The van der Waals surface area contributed by atoms with E-state index < -0.39 is 9.84 Å². The van der Waals surface area contributed by atoms with Crippen molar-refractivity contribution in [3.63, 3.8) is 0 Å². The molecule has 0 radical (unpaired) electrons. The molecule has 2 rings (SSSR count). The number of hydrogen-bond acceptors (Lipinski definition) is 5. The van der Waals surface area contributed by atoms with E-state index in [1.54, 1.807) is 38.2 Å². The van der Waals surface area contributed by atoms with Gasteiger partial charge in [0.1, 0.15) is 0 Å². The number of benzene rings is 1. The lowest BCUT2D eigenvalue weighted by Gasteiger charge is -2.13. The Morgan fingerprint density at radius 3 is 2.43 bits per heavy atom. The van der Waals surface area contributed by atoms with Gasteiger partial charge in [-0.3, -0.25) is 9.79 Å². The summed E-state index contributed by atoms with van der Waals surface area (Å²) in [5.41, 5.74) is 1.65. The fraction of sp³-hybridized carbons (Fsp3) is 0.333. The first-order valence-corrected chi connectivity index (χ1v) is 10.3. The van der Waals surface area contributed by atoms with Crippen LogP contribution in [0.1, 0.15) is 21.7 Å². The van der Waals surface area contributed by atoms with Gasteiger partial charge in [-0.25, -0.2) is 8.42 Å². The highest BCUT2D eigenvalue weighted by atomic mass is 127. The van der Waals surface area contributed by atoms with Gasteiger partial charge in [0.15, 0.2) is 21.6 Å². The molecule has 1 aromatic carbocycles. The average molecular weight is 520 g/mol. The highest BCUT2D eigenvalue weighted by Gasteiger charge is 2.11. The van der Waals surface area contributed by atoms with E-state index in [0.29, 0.717) is 36.1 Å². The van der Waals surface area contributed by atoms with Gasteiger partial charge < -0.3 is 20.4 Å². The van der Waals surface area contributed by atoms with Gasteiger partial charge in [-0.1, -0.05) is 12.1 Å². The standard InChI is InChI=1S/C18H24N4O4S.HI/c1-13-11-14(6-7-16(13)27(3,24)25)12-22-18(19-2)21-9-8-20-17(23)15-5-4-10-26-15;/h4-7,10-11H,8-9,12H2,1-3H3,(H,20,23)(H2,19,21,22);1H. The summed E-state index contributed by atoms with van der Waals surface area (Å²) in [5.74, 6) is 0.573. The molecular weight excluding hydrogens is 495 g/mol. The van der Waals surface area contributed by atoms with E-state index in [1.165, 1.54) is 12.5 Å². The number of sulfone groups is 1. The van der Waals surface area contributed by atoms with Crippen molar-refractivity contribution in [3.05, 3.63) is 53.5 Å². The molecule has 0 unspecified atom stereocenters. The zero-order chi connectivity index (χ0) is 19.9. The molecule has 2 aromatic rings. The number of aliphatic imine (C=N–C) groups is 1. The van der Waals surface area contributed by atoms with Crippen LogP contribution in [0, 0.1) is 6.92 Å². The molecule has 0 aliphatic rings. The van der Waals surface area contributed by atoms with Crippen molar-refractivity contribution >= 4 is 45.7 Å². The summed E-state index contributed by atoms with van der Waals surface area (Å²) >= 11 is 0. The zero-order valence-corrected chi connectivity index (χ0v) is 19.1. The lowest BCUT2D eigenvalue weighted by Crippen LogP contribution is -2.41. The predicted octanol–water partition coefficient (Wildman–Crippen LogP) is 1.70. The quantitative estimate of drug-likeness (QED) is 0.222. The Morgan fingerprint density at radius 2 is 1.86 bits per heavy atom. The molecular formula is C18H25IN4O4S. The van der Waals surface area contributed by atoms with Crippen molar-refractivity contribution in [1.29, 1.82) is 0 Å². The fourth-order valence-electron chi connectivity index (χ4n) is 2.50. The second-order valence-corrected chi connectivity index (χ2v) is 7.94. The number of rotatable bonds is 7. The molecule has 0 fully saturated rings. The van der Waals surface area contributed by atoms with E-state index >= 15 is 0 Å². The third kappa shape index (κ3) is 7.15. The van der Waals surface area contributed by atoms with Gasteiger partial charge >= 0.3 is 0 Å². The van der Waals surface area contributed by atoms with Gasteiger partial charge in [0, 0.05) is 32.9 Å². The molecule has 1 heterocycles. The van der Waals surface area contributed by atoms with Crippen molar-refractivity contribution in [1.82, 2.24) is 16.0 Å².